The number of non-ortho nitro benzene ring substituents is 1. The van der Waals surface area contributed by atoms with Crippen molar-refractivity contribution in [1.29, 1.82) is 0 Å². The molecule has 0 bridgehead atoms. The highest BCUT2D eigenvalue weighted by atomic mass is 79.9. The molecule has 0 aliphatic rings. The van der Waals surface area contributed by atoms with Gasteiger partial charge in [-0.05, 0) is 49.4 Å². The van der Waals surface area contributed by atoms with E-state index < -0.39 is 27.1 Å². The van der Waals surface area contributed by atoms with Gasteiger partial charge < -0.3 is 14.2 Å². The van der Waals surface area contributed by atoms with Gasteiger partial charge in [0.15, 0.2) is 11.5 Å². The lowest BCUT2D eigenvalue weighted by molar-refractivity contribution is -0.394. The number of benzene rings is 3. The quantitative estimate of drug-likeness (QED) is 0.201. The normalized spacial score (nSPS) is 10.6. The Balaban J connectivity index is 1.82. The topological polar surface area (TPSA) is 155 Å². The van der Waals surface area contributed by atoms with Crippen LogP contribution in [0.3, 0.4) is 0 Å². The molecule has 3 aromatic carbocycles. The number of halogens is 1. The van der Waals surface area contributed by atoms with E-state index in [0.717, 1.165) is 18.2 Å². The lowest BCUT2D eigenvalue weighted by Gasteiger charge is -2.10. The zero-order chi connectivity index (χ0) is 26.2. The Hall–Kier alpha value is -4.52. The maximum absolute atomic E-state index is 12.5. The maximum atomic E-state index is 12.5. The number of carbonyl (C=O) groups excluding carboxylic acids is 1. The second kappa shape index (κ2) is 11.8. The fraction of sp³-hybridized carbons (Fsp3) is 0.130. The standard InChI is InChI=1S/C23H19BrN4O8/c1-3-35-21-7-4-14(11-22(21)34-2)23(29)26-25-13-15-10-16(24)5-8-19(15)36-20-9-6-17(27(30)31)12-18(20)28(32)33/h4-13H,3H2,1-2H3,(H,26,29)/b25-13+. The molecule has 0 unspecified atom stereocenters. The summed E-state index contributed by atoms with van der Waals surface area (Å²) in [5.41, 5.74) is 2.01. The number of nitro benzene ring substituents is 2. The van der Waals surface area contributed by atoms with Crippen LogP contribution in [0.15, 0.2) is 64.2 Å². The second-order valence-electron chi connectivity index (χ2n) is 6.95. The van der Waals surface area contributed by atoms with Gasteiger partial charge in [-0.15, -0.1) is 0 Å². The van der Waals surface area contributed by atoms with E-state index in [4.69, 9.17) is 14.2 Å². The molecule has 0 spiro atoms. The summed E-state index contributed by atoms with van der Waals surface area (Å²) in [5, 5.41) is 26.3. The summed E-state index contributed by atoms with van der Waals surface area (Å²) < 4.78 is 17.0. The number of hydrogen-bond donors (Lipinski definition) is 1. The molecular weight excluding hydrogens is 540 g/mol. The smallest absolute Gasteiger partial charge is 0.318 e. The molecule has 0 aromatic heterocycles. The predicted molar refractivity (Wildman–Crippen MR) is 133 cm³/mol. The fourth-order valence-corrected chi connectivity index (χ4v) is 3.37. The van der Waals surface area contributed by atoms with Crippen molar-refractivity contribution in [2.75, 3.05) is 13.7 Å². The minimum absolute atomic E-state index is 0.163. The number of nitrogens with zero attached hydrogens (tertiary/aromatic N) is 3. The zero-order valence-corrected chi connectivity index (χ0v) is 20.6. The largest absolute Gasteiger partial charge is 0.493 e. The Morgan fingerprint density at radius 3 is 2.39 bits per heavy atom. The number of hydrazone groups is 1. The van der Waals surface area contributed by atoms with Gasteiger partial charge in [0.2, 0.25) is 5.75 Å². The van der Waals surface area contributed by atoms with E-state index in [1.54, 1.807) is 24.3 Å². The van der Waals surface area contributed by atoms with Gasteiger partial charge in [0.25, 0.3) is 11.6 Å². The molecule has 1 amide bonds. The summed E-state index contributed by atoms with van der Waals surface area (Å²) in [7, 11) is 1.46. The lowest BCUT2D eigenvalue weighted by Crippen LogP contribution is -2.17. The molecular formula is C23H19BrN4O8. The van der Waals surface area contributed by atoms with Gasteiger partial charge >= 0.3 is 5.69 Å². The monoisotopic (exact) mass is 558 g/mol. The van der Waals surface area contributed by atoms with Crippen molar-refractivity contribution >= 4 is 39.4 Å². The van der Waals surface area contributed by atoms with Crippen molar-refractivity contribution in [2.24, 2.45) is 5.10 Å². The third-order valence-corrected chi connectivity index (χ3v) is 5.13. The number of ether oxygens (including phenoxy) is 3. The van der Waals surface area contributed by atoms with Gasteiger partial charge in [0, 0.05) is 21.7 Å². The number of nitro groups is 2. The number of hydrogen-bond acceptors (Lipinski definition) is 9. The van der Waals surface area contributed by atoms with Crippen molar-refractivity contribution in [1.82, 2.24) is 5.43 Å². The molecule has 3 rings (SSSR count). The maximum Gasteiger partial charge on any atom is 0.318 e. The average Bonchev–Trinajstić information content (AvgIpc) is 2.85. The highest BCUT2D eigenvalue weighted by molar-refractivity contribution is 9.10. The number of rotatable bonds is 10. The molecule has 0 fully saturated rings. The van der Waals surface area contributed by atoms with Crippen LogP contribution in [0.5, 0.6) is 23.0 Å². The first-order valence-corrected chi connectivity index (χ1v) is 11.1. The molecule has 0 radical (unpaired) electrons. The van der Waals surface area contributed by atoms with Crippen molar-refractivity contribution in [3.63, 3.8) is 0 Å². The molecule has 0 atom stereocenters. The molecule has 0 saturated heterocycles. The van der Waals surface area contributed by atoms with Crippen LogP contribution >= 0.6 is 15.9 Å². The van der Waals surface area contributed by atoms with Gasteiger partial charge in [-0.1, -0.05) is 15.9 Å². The van der Waals surface area contributed by atoms with Crippen LogP contribution in [0.2, 0.25) is 0 Å². The molecule has 0 saturated carbocycles. The van der Waals surface area contributed by atoms with E-state index in [-0.39, 0.29) is 17.1 Å². The third kappa shape index (κ3) is 6.33. The van der Waals surface area contributed by atoms with E-state index >= 15 is 0 Å². The first-order chi connectivity index (χ1) is 17.2. The van der Waals surface area contributed by atoms with Crippen LogP contribution in [0.4, 0.5) is 11.4 Å². The lowest BCUT2D eigenvalue weighted by atomic mass is 10.2. The minimum atomic E-state index is -0.778. The third-order valence-electron chi connectivity index (χ3n) is 4.64. The Kier molecular flexibility index (Phi) is 8.52. The summed E-state index contributed by atoms with van der Waals surface area (Å²) in [6.07, 6.45) is 1.29. The molecule has 1 N–H and O–H groups in total. The molecule has 0 aliphatic carbocycles. The molecule has 36 heavy (non-hydrogen) atoms. The van der Waals surface area contributed by atoms with Crippen LogP contribution in [0.25, 0.3) is 0 Å². The SMILES string of the molecule is CCOc1ccc(C(=O)N/N=C/c2cc(Br)ccc2Oc2ccc([N+](=O)[O-])cc2[N+](=O)[O-])cc1OC. The number of amides is 1. The molecule has 0 heterocycles. The summed E-state index contributed by atoms with van der Waals surface area (Å²) in [5.74, 6) is 0.331. The highest BCUT2D eigenvalue weighted by Crippen LogP contribution is 2.36. The van der Waals surface area contributed by atoms with Crippen molar-refractivity contribution in [2.45, 2.75) is 6.92 Å². The average molecular weight is 559 g/mol. The summed E-state index contributed by atoms with van der Waals surface area (Å²) in [6, 6.07) is 12.5. The highest BCUT2D eigenvalue weighted by Gasteiger charge is 2.22. The Morgan fingerprint density at radius 2 is 1.72 bits per heavy atom. The zero-order valence-electron chi connectivity index (χ0n) is 19.0. The van der Waals surface area contributed by atoms with E-state index in [0.29, 0.717) is 28.1 Å². The van der Waals surface area contributed by atoms with Crippen LogP contribution in [-0.2, 0) is 0 Å². The fourth-order valence-electron chi connectivity index (χ4n) is 2.99. The minimum Gasteiger partial charge on any atom is -0.493 e. The first-order valence-electron chi connectivity index (χ1n) is 10.3. The van der Waals surface area contributed by atoms with Crippen LogP contribution < -0.4 is 19.6 Å². The molecule has 12 nitrogen and oxygen atoms in total. The predicted octanol–water partition coefficient (Wildman–Crippen LogP) is 5.23. The van der Waals surface area contributed by atoms with Gasteiger partial charge in [-0.3, -0.25) is 25.0 Å². The van der Waals surface area contributed by atoms with Gasteiger partial charge in [-0.2, -0.15) is 5.10 Å². The van der Waals surface area contributed by atoms with Gasteiger partial charge in [0.05, 0.1) is 35.8 Å². The Morgan fingerprint density at radius 1 is 1.00 bits per heavy atom. The van der Waals surface area contributed by atoms with Crippen LogP contribution in [0, 0.1) is 20.2 Å². The van der Waals surface area contributed by atoms with E-state index in [9.17, 15) is 25.0 Å². The molecule has 3 aromatic rings. The summed E-state index contributed by atoms with van der Waals surface area (Å²) in [6.45, 7) is 2.26. The van der Waals surface area contributed by atoms with Gasteiger partial charge in [0.1, 0.15) is 5.75 Å². The summed E-state index contributed by atoms with van der Waals surface area (Å²) in [4.78, 5) is 33.4. The van der Waals surface area contributed by atoms with E-state index in [1.807, 2.05) is 6.92 Å². The summed E-state index contributed by atoms with van der Waals surface area (Å²) >= 11 is 3.32. The van der Waals surface area contributed by atoms with E-state index in [1.165, 1.54) is 25.5 Å². The van der Waals surface area contributed by atoms with Gasteiger partial charge in [-0.25, -0.2) is 5.43 Å². The molecule has 186 valence electrons. The Bertz CT molecular complexity index is 1350. The molecule has 13 heteroatoms. The second-order valence-corrected chi connectivity index (χ2v) is 7.86. The number of methoxy groups -OCH3 is 1. The van der Waals surface area contributed by atoms with Crippen molar-refractivity contribution < 1.29 is 28.9 Å². The number of carbonyl (C=O) groups is 1. The van der Waals surface area contributed by atoms with Crippen LogP contribution in [0.1, 0.15) is 22.8 Å². The first kappa shape index (κ1) is 26.1. The van der Waals surface area contributed by atoms with Crippen LogP contribution in [-0.4, -0.2) is 35.7 Å². The molecule has 0 aliphatic heterocycles. The van der Waals surface area contributed by atoms with Crippen molar-refractivity contribution in [3.05, 3.63) is 90.4 Å². The number of nitrogens with one attached hydrogen (secondary N) is 1. The van der Waals surface area contributed by atoms with E-state index in [2.05, 4.69) is 26.5 Å². The van der Waals surface area contributed by atoms with Crippen molar-refractivity contribution in [3.8, 4) is 23.0 Å². The Labute approximate surface area is 212 Å².